The van der Waals surface area contributed by atoms with Gasteiger partial charge in [0.2, 0.25) is 5.89 Å². The van der Waals surface area contributed by atoms with Crippen molar-refractivity contribution in [1.82, 2.24) is 15.3 Å². The molecule has 0 aliphatic carbocycles. The number of aryl methyl sites for hydroxylation is 1. The van der Waals surface area contributed by atoms with Crippen LogP contribution < -0.4 is 5.32 Å². The molecule has 7 nitrogen and oxygen atoms in total. The summed E-state index contributed by atoms with van der Waals surface area (Å²) < 4.78 is 20.0. The minimum atomic E-state index is -0.362. The van der Waals surface area contributed by atoms with Crippen LogP contribution in [0.25, 0.3) is 11.1 Å². The van der Waals surface area contributed by atoms with E-state index in [1.165, 1.54) is 18.5 Å². The van der Waals surface area contributed by atoms with Crippen LogP contribution in [0.2, 0.25) is 0 Å². The Kier molecular flexibility index (Phi) is 5.86. The normalized spacial score (nSPS) is 15.0. The zero-order valence-electron chi connectivity index (χ0n) is 18.4. The Labute approximate surface area is 195 Å². The highest BCUT2D eigenvalue weighted by Crippen LogP contribution is 2.31. The monoisotopic (exact) mass is 456 g/mol. The molecule has 0 saturated carbocycles. The van der Waals surface area contributed by atoms with Crippen LogP contribution in [0, 0.1) is 12.7 Å². The lowest BCUT2D eigenvalue weighted by molar-refractivity contribution is 0.0826. The second kappa shape index (κ2) is 9.27. The Morgan fingerprint density at radius 3 is 2.74 bits per heavy atom. The highest BCUT2D eigenvalue weighted by Gasteiger charge is 2.26. The molecule has 1 N–H and O–H groups in total. The summed E-state index contributed by atoms with van der Waals surface area (Å²) in [5.41, 5.74) is 4.25. The summed E-state index contributed by atoms with van der Waals surface area (Å²) in [5.74, 6) is -0.310. The fourth-order valence-electron chi connectivity index (χ4n) is 3.81. The second-order valence-electron chi connectivity index (χ2n) is 7.98. The van der Waals surface area contributed by atoms with Crippen molar-refractivity contribution in [2.75, 3.05) is 0 Å². The van der Waals surface area contributed by atoms with Gasteiger partial charge in [-0.2, -0.15) is 0 Å². The van der Waals surface area contributed by atoms with E-state index >= 15 is 0 Å². The van der Waals surface area contributed by atoms with E-state index in [2.05, 4.69) is 20.4 Å². The number of benzene rings is 2. The maximum Gasteiger partial charge on any atom is 0.251 e. The zero-order chi connectivity index (χ0) is 23.5. The van der Waals surface area contributed by atoms with Gasteiger partial charge in [0.1, 0.15) is 12.1 Å². The first kappa shape index (κ1) is 21.5. The van der Waals surface area contributed by atoms with Crippen LogP contribution >= 0.6 is 0 Å². The number of oxime groups is 1. The number of hydrogen-bond donors (Lipinski definition) is 1. The number of halogens is 1. The van der Waals surface area contributed by atoms with Gasteiger partial charge in [-0.25, -0.2) is 9.37 Å². The molecule has 4 aromatic rings. The molecule has 2 aromatic carbocycles. The Morgan fingerprint density at radius 1 is 1.09 bits per heavy atom. The van der Waals surface area contributed by atoms with E-state index < -0.39 is 0 Å². The number of carbonyl (C=O) groups is 1. The van der Waals surface area contributed by atoms with Gasteiger partial charge < -0.3 is 14.6 Å². The summed E-state index contributed by atoms with van der Waals surface area (Å²) in [5, 5.41) is 7.03. The first-order valence-corrected chi connectivity index (χ1v) is 10.8. The Balaban J connectivity index is 1.48. The lowest BCUT2D eigenvalue weighted by atomic mass is 9.94. The molecule has 0 fully saturated rings. The van der Waals surface area contributed by atoms with Gasteiger partial charge in [0.15, 0.2) is 6.10 Å². The van der Waals surface area contributed by atoms with Crippen molar-refractivity contribution >= 4 is 11.6 Å². The van der Waals surface area contributed by atoms with Gasteiger partial charge in [0.05, 0.1) is 24.1 Å². The smallest absolute Gasteiger partial charge is 0.251 e. The largest absolute Gasteiger partial charge is 0.447 e. The summed E-state index contributed by atoms with van der Waals surface area (Å²) in [4.78, 5) is 26.9. The lowest BCUT2D eigenvalue weighted by Crippen LogP contribution is -2.23. The van der Waals surface area contributed by atoms with Crippen LogP contribution in [0.5, 0.6) is 0 Å². The Morgan fingerprint density at radius 2 is 1.97 bits per heavy atom. The van der Waals surface area contributed by atoms with Crippen molar-refractivity contribution in [2.24, 2.45) is 5.16 Å². The van der Waals surface area contributed by atoms with E-state index in [4.69, 9.17) is 9.25 Å². The van der Waals surface area contributed by atoms with Crippen LogP contribution in [0.1, 0.15) is 45.6 Å². The Hall–Kier alpha value is -4.33. The van der Waals surface area contributed by atoms with Gasteiger partial charge >= 0.3 is 0 Å². The molecular weight excluding hydrogens is 435 g/mol. The number of rotatable bonds is 6. The van der Waals surface area contributed by atoms with Crippen molar-refractivity contribution in [2.45, 2.75) is 26.0 Å². The number of amides is 1. The number of pyridine rings is 1. The number of oxazole rings is 1. The average Bonchev–Trinajstić information content (AvgIpc) is 3.55. The van der Waals surface area contributed by atoms with E-state index in [1.807, 2.05) is 37.3 Å². The van der Waals surface area contributed by atoms with Crippen LogP contribution in [0.3, 0.4) is 0 Å². The number of aromatic nitrogens is 2. The molecule has 0 spiro atoms. The third-order valence-corrected chi connectivity index (χ3v) is 5.53. The average molecular weight is 456 g/mol. The standard InChI is InChI=1S/C26H21FN4O3/c1-16-5-6-20(21(27)10-16)17-11-18(23-14-24(34-31-23)22-4-2-3-7-28-22)13-19(12-17)26(32)30-15-25-29-8-9-33-25/h2-13,24H,14-15H2,1H3,(H,30,32). The van der Waals surface area contributed by atoms with E-state index in [0.29, 0.717) is 40.3 Å². The molecule has 170 valence electrons. The summed E-state index contributed by atoms with van der Waals surface area (Å²) in [7, 11) is 0. The van der Waals surface area contributed by atoms with Gasteiger partial charge in [0.25, 0.3) is 5.91 Å². The zero-order valence-corrected chi connectivity index (χ0v) is 18.4. The minimum Gasteiger partial charge on any atom is -0.447 e. The third kappa shape index (κ3) is 4.56. The SMILES string of the molecule is Cc1ccc(-c2cc(C(=O)NCc3ncco3)cc(C3=NOC(c4ccccn4)C3)c2)c(F)c1. The third-order valence-electron chi connectivity index (χ3n) is 5.53. The molecule has 1 atom stereocenters. The summed E-state index contributed by atoms with van der Waals surface area (Å²) in [6, 6.07) is 15.8. The van der Waals surface area contributed by atoms with Crippen molar-refractivity contribution < 1.29 is 18.4 Å². The molecule has 8 heteroatoms. The summed E-state index contributed by atoms with van der Waals surface area (Å²) >= 11 is 0. The lowest BCUT2D eigenvalue weighted by Gasteiger charge is -2.11. The second-order valence-corrected chi connectivity index (χ2v) is 7.98. The fraction of sp³-hybridized carbons (Fsp3) is 0.154. The highest BCUT2D eigenvalue weighted by atomic mass is 19.1. The number of nitrogens with zero attached hydrogens (tertiary/aromatic N) is 3. The van der Waals surface area contributed by atoms with Gasteiger partial charge in [-0.1, -0.05) is 23.4 Å². The predicted molar refractivity (Wildman–Crippen MR) is 123 cm³/mol. The molecule has 34 heavy (non-hydrogen) atoms. The van der Waals surface area contributed by atoms with E-state index in [-0.39, 0.29) is 24.4 Å². The van der Waals surface area contributed by atoms with Crippen molar-refractivity contribution in [1.29, 1.82) is 0 Å². The number of hydrogen-bond acceptors (Lipinski definition) is 6. The molecule has 2 aromatic heterocycles. The van der Waals surface area contributed by atoms with Crippen molar-refractivity contribution in [3.63, 3.8) is 0 Å². The summed E-state index contributed by atoms with van der Waals surface area (Å²) in [6.07, 6.45) is 4.81. The first-order valence-electron chi connectivity index (χ1n) is 10.8. The molecular formula is C26H21FN4O3. The number of carbonyl (C=O) groups excluding carboxylic acids is 1. The Bertz CT molecular complexity index is 1350. The molecule has 1 unspecified atom stereocenters. The minimum absolute atomic E-state index is 0.135. The molecule has 0 saturated heterocycles. The van der Waals surface area contributed by atoms with Crippen LogP contribution in [0.15, 0.2) is 82.8 Å². The van der Waals surface area contributed by atoms with Gasteiger partial charge in [-0.3, -0.25) is 9.78 Å². The van der Waals surface area contributed by atoms with Crippen LogP contribution in [-0.2, 0) is 11.4 Å². The van der Waals surface area contributed by atoms with E-state index in [1.54, 1.807) is 24.4 Å². The quantitative estimate of drug-likeness (QED) is 0.442. The topological polar surface area (TPSA) is 89.6 Å². The molecule has 0 bridgehead atoms. The molecule has 5 rings (SSSR count). The highest BCUT2D eigenvalue weighted by molar-refractivity contribution is 6.05. The predicted octanol–water partition coefficient (Wildman–Crippen LogP) is 4.98. The van der Waals surface area contributed by atoms with Crippen LogP contribution in [-0.4, -0.2) is 21.6 Å². The maximum atomic E-state index is 14.8. The summed E-state index contributed by atoms with van der Waals surface area (Å²) in [6.45, 7) is 1.96. The fourth-order valence-corrected chi connectivity index (χ4v) is 3.81. The molecule has 1 aliphatic heterocycles. The van der Waals surface area contributed by atoms with Crippen LogP contribution in [0.4, 0.5) is 4.39 Å². The first-order chi connectivity index (χ1) is 16.6. The van der Waals surface area contributed by atoms with Crippen molar-refractivity contribution in [3.8, 4) is 11.1 Å². The van der Waals surface area contributed by atoms with E-state index in [9.17, 15) is 9.18 Å². The van der Waals surface area contributed by atoms with Gasteiger partial charge in [0, 0.05) is 29.3 Å². The molecule has 0 radical (unpaired) electrons. The molecule has 1 amide bonds. The van der Waals surface area contributed by atoms with Gasteiger partial charge in [-0.15, -0.1) is 0 Å². The van der Waals surface area contributed by atoms with E-state index in [0.717, 1.165) is 11.3 Å². The van der Waals surface area contributed by atoms with Crippen molar-refractivity contribution in [3.05, 3.63) is 107 Å². The molecule has 1 aliphatic rings. The molecule has 3 heterocycles. The van der Waals surface area contributed by atoms with Gasteiger partial charge in [-0.05, 0) is 54.4 Å². The number of nitrogens with one attached hydrogen (secondary N) is 1. The maximum absolute atomic E-state index is 14.8.